The van der Waals surface area contributed by atoms with Crippen molar-refractivity contribution in [1.29, 1.82) is 0 Å². The molecule has 1 heterocycles. The predicted molar refractivity (Wildman–Crippen MR) is 93.1 cm³/mol. The Morgan fingerprint density at radius 2 is 1.74 bits per heavy atom. The van der Waals surface area contributed by atoms with E-state index in [4.69, 9.17) is 4.74 Å². The van der Waals surface area contributed by atoms with Crippen LogP contribution in [0.25, 0.3) is 0 Å². The second-order valence-corrected chi connectivity index (χ2v) is 7.88. The topological polar surface area (TPSA) is 58.6 Å². The number of benzene rings is 2. The minimum absolute atomic E-state index is 0.0946. The van der Waals surface area contributed by atoms with E-state index in [1.165, 1.54) is 12.1 Å². The smallest absolute Gasteiger partial charge is 0.243 e. The van der Waals surface area contributed by atoms with Crippen LogP contribution in [0.2, 0.25) is 0 Å². The quantitative estimate of drug-likeness (QED) is 0.809. The van der Waals surface area contributed by atoms with E-state index in [2.05, 4.69) is 4.72 Å². The van der Waals surface area contributed by atoms with Crippen molar-refractivity contribution in [2.45, 2.75) is 10.9 Å². The molecular weight excluding hydrogens is 381 g/mol. The van der Waals surface area contributed by atoms with Crippen molar-refractivity contribution in [3.8, 4) is 0 Å². The fraction of sp³-hybridized carbons (Fsp3) is 0.333. The first-order valence-electron chi connectivity index (χ1n) is 8.39. The minimum Gasteiger partial charge on any atom is -0.379 e. The van der Waals surface area contributed by atoms with Gasteiger partial charge in [-0.15, -0.1) is 0 Å². The number of nitrogens with zero attached hydrogens (tertiary/aromatic N) is 1. The summed E-state index contributed by atoms with van der Waals surface area (Å²) >= 11 is 0. The lowest BCUT2D eigenvalue weighted by molar-refractivity contribution is 0.0171. The second kappa shape index (κ2) is 8.39. The summed E-state index contributed by atoms with van der Waals surface area (Å²) in [5, 5.41) is 0. The van der Waals surface area contributed by atoms with Crippen LogP contribution >= 0.6 is 0 Å². The highest BCUT2D eigenvalue weighted by molar-refractivity contribution is 7.89. The first-order chi connectivity index (χ1) is 12.9. The number of ether oxygens (including phenoxy) is 1. The number of rotatable bonds is 6. The number of sulfonamides is 1. The number of morpholine rings is 1. The third-order valence-corrected chi connectivity index (χ3v) is 5.83. The molecule has 146 valence electrons. The summed E-state index contributed by atoms with van der Waals surface area (Å²) in [5.74, 6) is -2.47. The molecule has 1 N–H and O–H groups in total. The summed E-state index contributed by atoms with van der Waals surface area (Å²) in [6.07, 6.45) is 0. The Bertz CT molecular complexity index is 902. The van der Waals surface area contributed by atoms with Gasteiger partial charge < -0.3 is 4.74 Å². The molecule has 2 aromatic rings. The third kappa shape index (κ3) is 4.86. The molecular formula is C18H19F3N2O3S. The summed E-state index contributed by atoms with van der Waals surface area (Å²) < 4.78 is 73.2. The Morgan fingerprint density at radius 1 is 1.04 bits per heavy atom. The molecule has 1 atom stereocenters. The molecule has 1 fully saturated rings. The van der Waals surface area contributed by atoms with Crippen LogP contribution in [0.3, 0.4) is 0 Å². The highest BCUT2D eigenvalue weighted by Crippen LogP contribution is 2.23. The maximum absolute atomic E-state index is 13.9. The highest BCUT2D eigenvalue weighted by atomic mass is 32.2. The largest absolute Gasteiger partial charge is 0.379 e. The zero-order chi connectivity index (χ0) is 19.4. The lowest BCUT2D eigenvalue weighted by Crippen LogP contribution is -2.43. The van der Waals surface area contributed by atoms with E-state index >= 15 is 0 Å². The van der Waals surface area contributed by atoms with E-state index in [-0.39, 0.29) is 6.54 Å². The van der Waals surface area contributed by atoms with Gasteiger partial charge in [0.15, 0.2) is 0 Å². The minimum atomic E-state index is -4.20. The Hall–Kier alpha value is -1.94. The molecule has 1 saturated heterocycles. The van der Waals surface area contributed by atoms with Gasteiger partial charge in [0, 0.05) is 31.7 Å². The maximum Gasteiger partial charge on any atom is 0.243 e. The van der Waals surface area contributed by atoms with Gasteiger partial charge >= 0.3 is 0 Å². The Labute approximate surface area is 155 Å². The van der Waals surface area contributed by atoms with Crippen LogP contribution in [0.15, 0.2) is 47.4 Å². The molecule has 0 bridgehead atoms. The fourth-order valence-electron chi connectivity index (χ4n) is 3.02. The van der Waals surface area contributed by atoms with Crippen LogP contribution in [-0.4, -0.2) is 46.2 Å². The van der Waals surface area contributed by atoms with Gasteiger partial charge in [-0.2, -0.15) is 0 Å². The van der Waals surface area contributed by atoms with E-state index < -0.39 is 38.4 Å². The van der Waals surface area contributed by atoms with Crippen LogP contribution in [-0.2, 0) is 14.8 Å². The van der Waals surface area contributed by atoms with Gasteiger partial charge in [-0.1, -0.05) is 12.1 Å². The molecule has 0 aromatic heterocycles. The highest BCUT2D eigenvalue weighted by Gasteiger charge is 2.26. The zero-order valence-corrected chi connectivity index (χ0v) is 15.2. The van der Waals surface area contributed by atoms with Crippen molar-refractivity contribution in [3.05, 3.63) is 65.5 Å². The molecule has 2 aromatic carbocycles. The fourth-order valence-corrected chi connectivity index (χ4v) is 4.12. The van der Waals surface area contributed by atoms with Crippen LogP contribution in [0, 0.1) is 17.5 Å². The lowest BCUT2D eigenvalue weighted by atomic mass is 10.0. The second-order valence-electron chi connectivity index (χ2n) is 6.15. The summed E-state index contributed by atoms with van der Waals surface area (Å²) in [5.41, 5.74) is 0.596. The molecule has 0 radical (unpaired) electrons. The molecule has 0 spiro atoms. The average molecular weight is 400 g/mol. The standard InChI is InChI=1S/C18H19F3N2O3S/c19-14-3-1-2-13(10-14)17(23-6-8-26-9-7-23)12-22-27(24,25)18-5-4-15(20)11-16(18)21/h1-5,10-11,17,22H,6-9,12H2/t17-/m0/s1. The van der Waals surface area contributed by atoms with Crippen LogP contribution in [0.5, 0.6) is 0 Å². The lowest BCUT2D eigenvalue weighted by Gasteiger charge is -2.34. The average Bonchev–Trinajstić information content (AvgIpc) is 2.62. The van der Waals surface area contributed by atoms with Crippen LogP contribution < -0.4 is 4.72 Å². The molecule has 9 heteroatoms. The van der Waals surface area contributed by atoms with Gasteiger partial charge in [0.25, 0.3) is 0 Å². The molecule has 0 aliphatic carbocycles. The van der Waals surface area contributed by atoms with Crippen LogP contribution in [0.1, 0.15) is 11.6 Å². The van der Waals surface area contributed by atoms with Crippen molar-refractivity contribution in [3.63, 3.8) is 0 Å². The monoisotopic (exact) mass is 400 g/mol. The maximum atomic E-state index is 13.9. The van der Waals surface area contributed by atoms with E-state index in [0.717, 1.165) is 12.1 Å². The number of hydrogen-bond acceptors (Lipinski definition) is 4. The van der Waals surface area contributed by atoms with E-state index in [0.29, 0.717) is 37.9 Å². The Morgan fingerprint density at radius 3 is 2.41 bits per heavy atom. The van der Waals surface area contributed by atoms with E-state index in [9.17, 15) is 21.6 Å². The molecule has 0 amide bonds. The summed E-state index contributed by atoms with van der Waals surface area (Å²) in [6.45, 7) is 1.96. The zero-order valence-electron chi connectivity index (χ0n) is 14.4. The molecule has 5 nitrogen and oxygen atoms in total. The van der Waals surface area contributed by atoms with Crippen molar-refractivity contribution >= 4 is 10.0 Å². The van der Waals surface area contributed by atoms with Crippen molar-refractivity contribution < 1.29 is 26.3 Å². The Kier molecular flexibility index (Phi) is 6.15. The molecule has 0 saturated carbocycles. The third-order valence-electron chi connectivity index (χ3n) is 4.37. The first-order valence-corrected chi connectivity index (χ1v) is 9.87. The molecule has 0 unspecified atom stereocenters. The SMILES string of the molecule is O=S(=O)(NC[C@@H](c1cccc(F)c1)N1CCOCC1)c1ccc(F)cc1F. The Balaban J connectivity index is 1.83. The normalized spacial score (nSPS) is 17.0. The predicted octanol–water partition coefficient (Wildman–Crippen LogP) is 2.46. The van der Waals surface area contributed by atoms with E-state index in [1.54, 1.807) is 12.1 Å². The summed E-state index contributed by atoms with van der Waals surface area (Å²) in [6, 6.07) is 7.71. The van der Waals surface area contributed by atoms with Crippen LogP contribution in [0.4, 0.5) is 13.2 Å². The van der Waals surface area contributed by atoms with Gasteiger partial charge in [-0.3, -0.25) is 4.90 Å². The number of nitrogens with one attached hydrogen (secondary N) is 1. The van der Waals surface area contributed by atoms with Gasteiger partial charge in [-0.25, -0.2) is 26.3 Å². The number of halogens is 3. The summed E-state index contributed by atoms with van der Waals surface area (Å²) in [4.78, 5) is 1.34. The molecule has 27 heavy (non-hydrogen) atoms. The molecule has 1 aliphatic heterocycles. The van der Waals surface area contributed by atoms with Gasteiger partial charge in [-0.05, 0) is 29.8 Å². The van der Waals surface area contributed by atoms with Gasteiger partial charge in [0.05, 0.1) is 13.2 Å². The van der Waals surface area contributed by atoms with E-state index in [1.807, 2.05) is 4.90 Å². The van der Waals surface area contributed by atoms with Crippen molar-refractivity contribution in [2.24, 2.45) is 0 Å². The van der Waals surface area contributed by atoms with Crippen molar-refractivity contribution in [1.82, 2.24) is 9.62 Å². The summed E-state index contributed by atoms with van der Waals surface area (Å²) in [7, 11) is -4.20. The first kappa shape index (κ1) is 19.8. The van der Waals surface area contributed by atoms with Gasteiger partial charge in [0.2, 0.25) is 10.0 Å². The van der Waals surface area contributed by atoms with Gasteiger partial charge in [0.1, 0.15) is 22.3 Å². The number of hydrogen-bond donors (Lipinski definition) is 1. The molecule has 3 rings (SSSR count). The molecule has 1 aliphatic rings. The van der Waals surface area contributed by atoms with Crippen molar-refractivity contribution in [2.75, 3.05) is 32.8 Å².